The molecule has 0 atom stereocenters. The Morgan fingerprint density at radius 3 is 0.400 bits per heavy atom. The van der Waals surface area contributed by atoms with E-state index >= 15 is 0 Å². The van der Waals surface area contributed by atoms with Gasteiger partial charge in [-0.3, -0.25) is 0 Å². The van der Waals surface area contributed by atoms with E-state index in [4.69, 9.17) is 0 Å². The van der Waals surface area contributed by atoms with Crippen LogP contribution in [0.15, 0.2) is 0 Å². The third-order valence-corrected chi connectivity index (χ3v) is 0. The van der Waals surface area contributed by atoms with E-state index in [9.17, 15) is 0 Å². The second-order valence-electron chi connectivity index (χ2n) is 0. The fourth-order valence-corrected chi connectivity index (χ4v) is 0. The van der Waals surface area contributed by atoms with Crippen LogP contribution in [0, 0.1) is 0 Å². The molecule has 0 aromatic rings. The van der Waals surface area contributed by atoms with E-state index in [0.29, 0.717) is 0 Å². The van der Waals surface area contributed by atoms with Crippen molar-refractivity contribution in [1.29, 1.82) is 0 Å². The minimum Gasteiger partial charge on any atom is -1.00 e. The summed E-state index contributed by atoms with van der Waals surface area (Å²) in [5.74, 6) is 0. The molecule has 0 rings (SSSR count). The molecule has 6 nitrogen and oxygen atoms in total. The van der Waals surface area contributed by atoms with Crippen LogP contribution < -0.4 is 76.2 Å². The molecule has 0 aliphatic rings. The first-order valence-electron chi connectivity index (χ1n) is 0. The second kappa shape index (κ2) is 180. The Labute approximate surface area is 130 Å². The molecule has 0 saturated carbocycles. The van der Waals surface area contributed by atoms with E-state index < -0.39 is 0 Å². The molecular weight excluding hydrogens is 230 g/mol. The largest absolute Gasteiger partial charge is 2.00 e. The Kier molecular flexibility index (Phi) is 4210. The zero-order valence-corrected chi connectivity index (χ0v) is 11.5. The summed E-state index contributed by atoms with van der Waals surface area (Å²) in [7, 11) is 0. The van der Waals surface area contributed by atoms with Crippen LogP contribution >= 0.6 is 0 Å². The van der Waals surface area contributed by atoms with E-state index in [2.05, 4.69) is 0 Å². The molecule has 0 aromatic heterocycles. The maximum atomic E-state index is 0. The summed E-state index contributed by atoms with van der Waals surface area (Å²) in [6, 6.07) is 0. The van der Waals surface area contributed by atoms with E-state index in [1.54, 1.807) is 0 Å². The summed E-state index contributed by atoms with van der Waals surface area (Å²) >= 11 is 0. The maximum Gasteiger partial charge on any atom is 2.00 e. The van der Waals surface area contributed by atoms with Crippen molar-refractivity contribution >= 4 is 23.1 Å². The van der Waals surface area contributed by atoms with Crippen molar-refractivity contribution in [3.8, 4) is 0 Å². The van der Waals surface area contributed by atoms with E-state index in [1.165, 1.54) is 0 Å². The average molecular weight is 242 g/mol. The first-order chi connectivity index (χ1) is 0. The molecular formula is H12Cl2KMgO6+. The fraction of sp³-hybridized carbons (Fsp3) is 0. The topological polar surface area (TPSA) is 189 Å². The van der Waals surface area contributed by atoms with Gasteiger partial charge in [-0.2, -0.15) is 0 Å². The van der Waals surface area contributed by atoms with Crippen LogP contribution in [0.5, 0.6) is 0 Å². The molecule has 64 valence electrons. The SMILES string of the molecule is O.O.O.O.O.O.[Cl-].[Cl-].[K+].[Mg+2]. The van der Waals surface area contributed by atoms with Crippen molar-refractivity contribution in [2.75, 3.05) is 0 Å². The monoisotopic (exact) mass is 241 g/mol. The predicted molar refractivity (Wildman–Crippen MR) is 27.4 cm³/mol. The van der Waals surface area contributed by atoms with Gasteiger partial charge >= 0.3 is 74.4 Å². The summed E-state index contributed by atoms with van der Waals surface area (Å²) in [4.78, 5) is 0. The van der Waals surface area contributed by atoms with Crippen LogP contribution in [0.2, 0.25) is 0 Å². The van der Waals surface area contributed by atoms with Crippen LogP contribution in [0.25, 0.3) is 0 Å². The van der Waals surface area contributed by atoms with Gasteiger partial charge in [0, 0.05) is 0 Å². The van der Waals surface area contributed by atoms with Gasteiger partial charge in [0.1, 0.15) is 0 Å². The maximum absolute atomic E-state index is 0. The Morgan fingerprint density at radius 2 is 0.400 bits per heavy atom. The van der Waals surface area contributed by atoms with Gasteiger partial charge in [0.25, 0.3) is 0 Å². The minimum absolute atomic E-state index is 0. The molecule has 0 amide bonds. The van der Waals surface area contributed by atoms with Crippen LogP contribution in [0.1, 0.15) is 0 Å². The number of hydrogen-bond donors (Lipinski definition) is 0. The molecule has 0 fully saturated rings. The molecule has 10 heavy (non-hydrogen) atoms. The predicted octanol–water partition coefficient (Wildman–Crippen LogP) is -14.3. The van der Waals surface area contributed by atoms with Gasteiger partial charge in [0.05, 0.1) is 0 Å². The second-order valence-corrected chi connectivity index (χ2v) is 0. The van der Waals surface area contributed by atoms with Gasteiger partial charge in [-0.1, -0.05) is 0 Å². The summed E-state index contributed by atoms with van der Waals surface area (Å²) in [5, 5.41) is 0. The van der Waals surface area contributed by atoms with Gasteiger partial charge in [0.15, 0.2) is 0 Å². The smallest absolute Gasteiger partial charge is 1.00 e. The van der Waals surface area contributed by atoms with Gasteiger partial charge in [-0.05, 0) is 0 Å². The van der Waals surface area contributed by atoms with Crippen molar-refractivity contribution in [3.63, 3.8) is 0 Å². The quantitative estimate of drug-likeness (QED) is 0.365. The van der Waals surface area contributed by atoms with E-state index in [0.717, 1.165) is 0 Å². The van der Waals surface area contributed by atoms with Crippen LogP contribution in [0.3, 0.4) is 0 Å². The van der Waals surface area contributed by atoms with Crippen LogP contribution in [-0.4, -0.2) is 55.9 Å². The standard InChI is InChI=1S/2ClH.K.Mg.6H2O/h2*1H;;;6*1H2/q;;+1;+2;;;;;;/p-2. The van der Waals surface area contributed by atoms with Crippen LogP contribution in [0.4, 0.5) is 0 Å². The van der Waals surface area contributed by atoms with Crippen molar-refractivity contribution < 1.29 is 109 Å². The molecule has 0 bridgehead atoms. The first-order valence-corrected chi connectivity index (χ1v) is 0. The number of halogens is 2. The molecule has 0 unspecified atom stereocenters. The van der Waals surface area contributed by atoms with Gasteiger partial charge in [0.2, 0.25) is 0 Å². The molecule has 12 N–H and O–H groups in total. The molecule has 0 saturated heterocycles. The zero-order valence-electron chi connectivity index (χ0n) is 5.46. The molecule has 0 spiro atoms. The molecule has 0 radical (unpaired) electrons. The first kappa shape index (κ1) is 234. The third kappa shape index (κ3) is 136. The van der Waals surface area contributed by atoms with Crippen molar-refractivity contribution in [1.82, 2.24) is 0 Å². The number of rotatable bonds is 0. The van der Waals surface area contributed by atoms with Gasteiger partial charge in [-0.25, -0.2) is 0 Å². The summed E-state index contributed by atoms with van der Waals surface area (Å²) in [6.45, 7) is 0. The number of hydrogen-bond acceptors (Lipinski definition) is 0. The summed E-state index contributed by atoms with van der Waals surface area (Å²) < 4.78 is 0. The van der Waals surface area contributed by atoms with Crippen molar-refractivity contribution in [3.05, 3.63) is 0 Å². The van der Waals surface area contributed by atoms with Gasteiger partial charge in [-0.15, -0.1) is 0 Å². The van der Waals surface area contributed by atoms with E-state index in [1.807, 2.05) is 0 Å². The van der Waals surface area contributed by atoms with Crippen LogP contribution in [-0.2, 0) is 0 Å². The molecule has 0 heterocycles. The Bertz CT molecular complexity index is 15.7. The zero-order chi connectivity index (χ0) is 0. The summed E-state index contributed by atoms with van der Waals surface area (Å²) in [6.07, 6.45) is 0. The summed E-state index contributed by atoms with van der Waals surface area (Å²) in [5.41, 5.74) is 0. The van der Waals surface area contributed by atoms with E-state index in [-0.39, 0.29) is 132 Å². The Morgan fingerprint density at radius 1 is 0.400 bits per heavy atom. The molecule has 0 aromatic carbocycles. The molecule has 0 aliphatic carbocycles. The van der Waals surface area contributed by atoms with Gasteiger partial charge < -0.3 is 57.7 Å². The Hall–Kier alpha value is 2.74. The average Bonchev–Trinajstić information content (AvgIpc) is 0. The Balaban J connectivity index is 0. The minimum atomic E-state index is 0. The molecule has 10 heteroatoms. The third-order valence-electron chi connectivity index (χ3n) is 0. The van der Waals surface area contributed by atoms with Crippen molar-refractivity contribution in [2.45, 2.75) is 0 Å². The van der Waals surface area contributed by atoms with Crippen molar-refractivity contribution in [2.24, 2.45) is 0 Å². The molecule has 0 aliphatic heterocycles. The fourth-order valence-electron chi connectivity index (χ4n) is 0. The normalized spacial score (nSPS) is 0.